The summed E-state index contributed by atoms with van der Waals surface area (Å²) >= 11 is 6.55. The molecule has 20 heavy (non-hydrogen) atoms. The van der Waals surface area contributed by atoms with Crippen molar-refractivity contribution in [1.29, 1.82) is 0 Å². The van der Waals surface area contributed by atoms with Crippen LogP contribution in [-0.4, -0.2) is 18.0 Å². The van der Waals surface area contributed by atoms with Crippen LogP contribution < -0.4 is 4.74 Å². The third kappa shape index (κ3) is 3.55. The second-order valence-electron chi connectivity index (χ2n) is 3.94. The Morgan fingerprint density at radius 2 is 1.95 bits per heavy atom. The first-order valence-corrected chi connectivity index (χ1v) is 9.20. The number of aryl methyl sites for hydroxylation is 1. The van der Waals surface area contributed by atoms with E-state index < -0.39 is 9.05 Å². The molecule has 5 nitrogen and oxygen atoms in total. The number of imidazole rings is 1. The van der Waals surface area contributed by atoms with Gasteiger partial charge in [0.1, 0.15) is 12.4 Å². The van der Waals surface area contributed by atoms with Crippen LogP contribution in [0.3, 0.4) is 0 Å². The first kappa shape index (κ1) is 15.8. The lowest BCUT2D eigenvalue weighted by Crippen LogP contribution is -2.02. The minimum Gasteiger partial charge on any atom is -0.485 e. The van der Waals surface area contributed by atoms with Crippen molar-refractivity contribution in [2.24, 2.45) is 7.05 Å². The molecule has 0 radical (unpaired) electrons. The van der Waals surface area contributed by atoms with Crippen LogP contribution in [0.1, 0.15) is 5.69 Å². The molecular weight excluding hydrogens is 435 g/mol. The number of ether oxygens (including phenoxy) is 1. The highest BCUT2D eigenvalue weighted by Crippen LogP contribution is 2.37. The summed E-state index contributed by atoms with van der Waals surface area (Å²) in [5.74, 6) is 0.496. The molecule has 0 spiro atoms. The van der Waals surface area contributed by atoms with Crippen LogP contribution >= 0.6 is 42.5 Å². The number of aromatic nitrogens is 2. The Hall–Kier alpha value is -0.570. The van der Waals surface area contributed by atoms with Crippen molar-refractivity contribution < 1.29 is 13.2 Å². The van der Waals surface area contributed by atoms with Crippen molar-refractivity contribution >= 4 is 51.6 Å². The first-order valence-electron chi connectivity index (χ1n) is 5.30. The van der Waals surface area contributed by atoms with E-state index >= 15 is 0 Å². The molecule has 1 aromatic carbocycles. The van der Waals surface area contributed by atoms with Gasteiger partial charge in [-0.15, -0.1) is 0 Å². The average molecular weight is 445 g/mol. The van der Waals surface area contributed by atoms with E-state index in [4.69, 9.17) is 15.4 Å². The lowest BCUT2D eigenvalue weighted by Gasteiger charge is -2.11. The van der Waals surface area contributed by atoms with Crippen LogP contribution in [-0.2, 0) is 22.7 Å². The van der Waals surface area contributed by atoms with Crippen molar-refractivity contribution in [3.05, 3.63) is 39.3 Å². The predicted octanol–water partition coefficient (Wildman–Crippen LogP) is 3.45. The normalized spacial score (nSPS) is 11.6. The number of hydrogen-bond acceptors (Lipinski definition) is 4. The Morgan fingerprint density at radius 3 is 2.40 bits per heavy atom. The molecule has 0 aliphatic rings. The highest BCUT2D eigenvalue weighted by Gasteiger charge is 2.16. The maximum atomic E-state index is 11.3. The van der Waals surface area contributed by atoms with E-state index in [0.29, 0.717) is 21.3 Å². The summed E-state index contributed by atoms with van der Waals surface area (Å²) < 4.78 is 31.1. The Kier molecular flexibility index (Phi) is 4.78. The zero-order valence-electron chi connectivity index (χ0n) is 10.2. The number of halogens is 3. The van der Waals surface area contributed by atoms with Crippen molar-refractivity contribution in [3.63, 3.8) is 0 Å². The van der Waals surface area contributed by atoms with Gasteiger partial charge in [0.25, 0.3) is 9.05 Å². The first-order chi connectivity index (χ1) is 9.29. The van der Waals surface area contributed by atoms with Crippen molar-refractivity contribution in [3.8, 4) is 5.75 Å². The standard InChI is InChI=1S/C11H9Br2ClN2O3S/c1-16-6-15-4-7(16)5-19-11-9(12)2-8(3-10(11)13)20(14,17)18/h2-4,6H,5H2,1H3. The number of benzene rings is 1. The van der Waals surface area contributed by atoms with Crippen molar-refractivity contribution in [2.45, 2.75) is 11.5 Å². The molecule has 0 unspecified atom stereocenters. The molecule has 0 atom stereocenters. The Labute approximate surface area is 137 Å². The van der Waals surface area contributed by atoms with Crippen molar-refractivity contribution in [2.75, 3.05) is 0 Å². The number of rotatable bonds is 4. The zero-order valence-corrected chi connectivity index (χ0v) is 14.9. The monoisotopic (exact) mass is 442 g/mol. The van der Waals surface area contributed by atoms with Crippen molar-refractivity contribution in [1.82, 2.24) is 9.55 Å². The molecule has 2 aromatic rings. The van der Waals surface area contributed by atoms with Gasteiger partial charge < -0.3 is 9.30 Å². The molecule has 0 saturated heterocycles. The lowest BCUT2D eigenvalue weighted by atomic mass is 10.3. The summed E-state index contributed by atoms with van der Waals surface area (Å²) in [6.45, 7) is 0.306. The smallest absolute Gasteiger partial charge is 0.261 e. The van der Waals surface area contributed by atoms with Gasteiger partial charge in [0, 0.05) is 17.7 Å². The van der Waals surface area contributed by atoms with E-state index in [0.717, 1.165) is 5.69 Å². The number of hydrogen-bond donors (Lipinski definition) is 0. The fraction of sp³-hybridized carbons (Fsp3) is 0.182. The molecule has 9 heteroatoms. The highest BCUT2D eigenvalue weighted by atomic mass is 79.9. The van der Waals surface area contributed by atoms with Crippen LogP contribution in [0.2, 0.25) is 0 Å². The summed E-state index contributed by atoms with van der Waals surface area (Å²) in [7, 11) is 3.39. The SMILES string of the molecule is Cn1cncc1COc1c(Br)cc(S(=O)(=O)Cl)cc1Br. The van der Waals surface area contributed by atoms with Gasteiger partial charge in [-0.25, -0.2) is 13.4 Å². The summed E-state index contributed by atoms with van der Waals surface area (Å²) in [5.41, 5.74) is 0.887. The largest absolute Gasteiger partial charge is 0.485 e. The van der Waals surface area contributed by atoms with Crippen LogP contribution in [0.25, 0.3) is 0 Å². The van der Waals surface area contributed by atoms with Gasteiger partial charge in [0.05, 0.1) is 32.1 Å². The second kappa shape index (κ2) is 6.05. The Morgan fingerprint density at radius 1 is 1.35 bits per heavy atom. The summed E-state index contributed by atoms with van der Waals surface area (Å²) in [6.07, 6.45) is 3.37. The summed E-state index contributed by atoms with van der Waals surface area (Å²) in [4.78, 5) is 3.98. The zero-order chi connectivity index (χ0) is 14.9. The Balaban J connectivity index is 2.27. The predicted molar refractivity (Wildman–Crippen MR) is 82.4 cm³/mol. The molecular formula is C11H9Br2ClN2O3S. The summed E-state index contributed by atoms with van der Waals surface area (Å²) in [5, 5.41) is 0. The molecule has 0 aliphatic carbocycles. The molecule has 0 aliphatic heterocycles. The van der Waals surface area contributed by atoms with E-state index in [1.54, 1.807) is 12.5 Å². The molecule has 0 bridgehead atoms. The Bertz CT molecular complexity index is 723. The molecule has 0 N–H and O–H groups in total. The van der Waals surface area contributed by atoms with Crippen LogP contribution in [0.15, 0.2) is 38.5 Å². The van der Waals surface area contributed by atoms with Crippen LogP contribution in [0, 0.1) is 0 Å². The second-order valence-corrected chi connectivity index (χ2v) is 8.21. The van der Waals surface area contributed by atoms with Gasteiger partial charge >= 0.3 is 0 Å². The third-order valence-electron chi connectivity index (χ3n) is 2.53. The van der Waals surface area contributed by atoms with Gasteiger partial charge in [-0.1, -0.05) is 0 Å². The van der Waals surface area contributed by atoms with E-state index in [9.17, 15) is 8.42 Å². The van der Waals surface area contributed by atoms with Gasteiger partial charge in [0.2, 0.25) is 0 Å². The van der Waals surface area contributed by atoms with E-state index in [1.807, 2.05) is 11.6 Å². The molecule has 0 amide bonds. The molecule has 0 saturated carbocycles. The van der Waals surface area contributed by atoms with E-state index in [-0.39, 0.29) is 4.90 Å². The fourth-order valence-electron chi connectivity index (χ4n) is 1.49. The van der Waals surface area contributed by atoms with Gasteiger partial charge in [-0.05, 0) is 44.0 Å². The van der Waals surface area contributed by atoms with E-state index in [1.165, 1.54) is 12.1 Å². The van der Waals surface area contributed by atoms with Gasteiger partial charge in [0.15, 0.2) is 0 Å². The minimum atomic E-state index is -3.79. The minimum absolute atomic E-state index is 0.00852. The maximum absolute atomic E-state index is 11.3. The molecule has 108 valence electrons. The third-order valence-corrected chi connectivity index (χ3v) is 5.05. The molecule has 0 fully saturated rings. The van der Waals surface area contributed by atoms with Gasteiger partial charge in [-0.3, -0.25) is 0 Å². The van der Waals surface area contributed by atoms with Crippen LogP contribution in [0.4, 0.5) is 0 Å². The van der Waals surface area contributed by atoms with Crippen LogP contribution in [0.5, 0.6) is 5.75 Å². The topological polar surface area (TPSA) is 61.2 Å². The molecule has 1 heterocycles. The van der Waals surface area contributed by atoms with Gasteiger partial charge in [-0.2, -0.15) is 0 Å². The van der Waals surface area contributed by atoms with E-state index in [2.05, 4.69) is 36.8 Å². The average Bonchev–Trinajstić information content (AvgIpc) is 2.72. The fourth-order valence-corrected chi connectivity index (χ4v) is 3.99. The quantitative estimate of drug-likeness (QED) is 0.678. The maximum Gasteiger partial charge on any atom is 0.261 e. The molecule has 1 aromatic heterocycles. The molecule has 2 rings (SSSR count). The number of nitrogens with zero attached hydrogens (tertiary/aromatic N) is 2. The summed E-state index contributed by atoms with van der Waals surface area (Å²) in [6, 6.07) is 2.79. The highest BCUT2D eigenvalue weighted by molar-refractivity contribution is 9.11. The lowest BCUT2D eigenvalue weighted by molar-refractivity contribution is 0.293.